The maximum atomic E-state index is 11.6. The van der Waals surface area contributed by atoms with Crippen molar-refractivity contribution in [2.45, 2.75) is 51.1 Å². The van der Waals surface area contributed by atoms with Crippen LogP contribution in [0.15, 0.2) is 0 Å². The van der Waals surface area contributed by atoms with Gasteiger partial charge in [0, 0.05) is 18.6 Å². The Bertz CT molecular complexity index is 350. The quantitative estimate of drug-likeness (QED) is 0.813. The van der Waals surface area contributed by atoms with E-state index in [1.807, 2.05) is 0 Å². The molecule has 106 valence electrons. The van der Waals surface area contributed by atoms with Gasteiger partial charge < -0.3 is 5.32 Å². The number of hydrogen-bond acceptors (Lipinski definition) is 4. The molecule has 2 atom stereocenters. The van der Waals surface area contributed by atoms with Crippen LogP contribution in [0.3, 0.4) is 0 Å². The highest BCUT2D eigenvalue weighted by atomic mass is 32.2. The maximum absolute atomic E-state index is 11.6. The van der Waals surface area contributed by atoms with Crippen LogP contribution in [0, 0.1) is 0 Å². The Morgan fingerprint density at radius 1 is 1.28 bits per heavy atom. The molecule has 0 amide bonds. The molecule has 5 heteroatoms. The summed E-state index contributed by atoms with van der Waals surface area (Å²) in [7, 11) is -2.76. The highest BCUT2D eigenvalue weighted by Crippen LogP contribution is 2.19. The summed E-state index contributed by atoms with van der Waals surface area (Å²) in [6.45, 7) is 5.34. The topological polar surface area (TPSA) is 49.4 Å². The molecule has 18 heavy (non-hydrogen) atoms. The van der Waals surface area contributed by atoms with Gasteiger partial charge in [0.2, 0.25) is 0 Å². The highest BCUT2D eigenvalue weighted by molar-refractivity contribution is 7.91. The lowest BCUT2D eigenvalue weighted by Crippen LogP contribution is -2.47. The third-order valence-corrected chi connectivity index (χ3v) is 5.85. The Kier molecular flexibility index (Phi) is 5.04. The van der Waals surface area contributed by atoms with Crippen molar-refractivity contribution in [3.8, 4) is 0 Å². The summed E-state index contributed by atoms with van der Waals surface area (Å²) in [6.07, 6.45) is 5.75. The molecule has 0 spiro atoms. The Morgan fingerprint density at radius 2 is 2.11 bits per heavy atom. The second-order valence-electron chi connectivity index (χ2n) is 5.70. The SMILES string of the molecule is CCCN(CC1CCCCN1)C1CCS(=O)(=O)C1. The molecule has 2 heterocycles. The normalized spacial score (nSPS) is 31.9. The van der Waals surface area contributed by atoms with Crippen molar-refractivity contribution in [3.63, 3.8) is 0 Å². The van der Waals surface area contributed by atoms with Crippen LogP contribution < -0.4 is 5.32 Å². The lowest BCUT2D eigenvalue weighted by molar-refractivity contribution is 0.178. The lowest BCUT2D eigenvalue weighted by Gasteiger charge is -2.33. The van der Waals surface area contributed by atoms with Crippen molar-refractivity contribution in [1.29, 1.82) is 0 Å². The minimum absolute atomic E-state index is 0.263. The van der Waals surface area contributed by atoms with E-state index in [4.69, 9.17) is 0 Å². The van der Waals surface area contributed by atoms with E-state index in [2.05, 4.69) is 17.1 Å². The minimum atomic E-state index is -2.76. The lowest BCUT2D eigenvalue weighted by atomic mass is 10.0. The highest BCUT2D eigenvalue weighted by Gasteiger charge is 2.32. The summed E-state index contributed by atoms with van der Waals surface area (Å²) < 4.78 is 23.2. The number of nitrogens with zero attached hydrogens (tertiary/aromatic N) is 1. The predicted octanol–water partition coefficient (Wildman–Crippen LogP) is 1.03. The Labute approximate surface area is 111 Å². The molecule has 0 saturated carbocycles. The molecular formula is C13H26N2O2S. The summed E-state index contributed by atoms with van der Waals surface area (Å²) in [4.78, 5) is 2.41. The number of hydrogen-bond donors (Lipinski definition) is 1. The molecule has 2 aliphatic rings. The van der Waals surface area contributed by atoms with Gasteiger partial charge in [0.1, 0.15) is 0 Å². The summed E-state index contributed by atoms with van der Waals surface area (Å²) >= 11 is 0. The van der Waals surface area contributed by atoms with Crippen molar-refractivity contribution in [3.05, 3.63) is 0 Å². The van der Waals surface area contributed by atoms with Crippen LogP contribution in [0.5, 0.6) is 0 Å². The number of sulfone groups is 1. The molecule has 2 fully saturated rings. The van der Waals surface area contributed by atoms with E-state index in [1.54, 1.807) is 0 Å². The summed E-state index contributed by atoms with van der Waals surface area (Å²) in [5, 5.41) is 3.56. The zero-order valence-electron chi connectivity index (χ0n) is 11.4. The van der Waals surface area contributed by atoms with Crippen molar-refractivity contribution in [2.24, 2.45) is 0 Å². The molecule has 1 N–H and O–H groups in total. The standard InChI is InChI=1S/C13H26N2O2S/c1-2-8-15(10-12-5-3-4-7-14-12)13-6-9-18(16,17)11-13/h12-14H,2-11H2,1H3. The van der Waals surface area contributed by atoms with Crippen LogP contribution in [0.2, 0.25) is 0 Å². The fraction of sp³-hybridized carbons (Fsp3) is 1.00. The third-order valence-electron chi connectivity index (χ3n) is 4.10. The van der Waals surface area contributed by atoms with Crippen LogP contribution >= 0.6 is 0 Å². The van der Waals surface area contributed by atoms with Gasteiger partial charge in [-0.1, -0.05) is 13.3 Å². The first-order valence-electron chi connectivity index (χ1n) is 7.28. The predicted molar refractivity (Wildman–Crippen MR) is 74.6 cm³/mol. The van der Waals surface area contributed by atoms with E-state index in [0.29, 0.717) is 17.5 Å². The van der Waals surface area contributed by atoms with Crippen LogP contribution in [0.25, 0.3) is 0 Å². The molecule has 2 unspecified atom stereocenters. The molecule has 2 saturated heterocycles. The summed E-state index contributed by atoms with van der Waals surface area (Å²) in [5.74, 6) is 0.760. The average molecular weight is 274 g/mol. The first-order valence-corrected chi connectivity index (χ1v) is 9.11. The zero-order valence-corrected chi connectivity index (χ0v) is 12.2. The smallest absolute Gasteiger partial charge is 0.151 e. The van der Waals surface area contributed by atoms with Gasteiger partial charge in [-0.3, -0.25) is 4.90 Å². The maximum Gasteiger partial charge on any atom is 0.151 e. The summed E-state index contributed by atoms with van der Waals surface area (Å²) in [5.41, 5.74) is 0. The molecule has 0 radical (unpaired) electrons. The molecular weight excluding hydrogens is 248 g/mol. The fourth-order valence-corrected chi connectivity index (χ4v) is 4.90. The fourth-order valence-electron chi connectivity index (χ4n) is 3.14. The van der Waals surface area contributed by atoms with E-state index in [-0.39, 0.29) is 6.04 Å². The van der Waals surface area contributed by atoms with Gasteiger partial charge in [-0.15, -0.1) is 0 Å². The zero-order chi connectivity index (χ0) is 13.0. The number of nitrogens with one attached hydrogen (secondary N) is 1. The van der Waals surface area contributed by atoms with Crippen LogP contribution in [-0.4, -0.2) is 56.5 Å². The minimum Gasteiger partial charge on any atom is -0.313 e. The van der Waals surface area contributed by atoms with E-state index >= 15 is 0 Å². The van der Waals surface area contributed by atoms with E-state index in [1.165, 1.54) is 19.3 Å². The Morgan fingerprint density at radius 3 is 2.67 bits per heavy atom. The van der Waals surface area contributed by atoms with Gasteiger partial charge in [-0.05, 0) is 38.8 Å². The van der Waals surface area contributed by atoms with Gasteiger partial charge in [0.25, 0.3) is 0 Å². The first-order chi connectivity index (χ1) is 8.61. The molecule has 2 aliphatic heterocycles. The third kappa shape index (κ3) is 3.93. The van der Waals surface area contributed by atoms with E-state index in [0.717, 1.165) is 32.5 Å². The average Bonchev–Trinajstić information content (AvgIpc) is 2.70. The van der Waals surface area contributed by atoms with Crippen LogP contribution in [-0.2, 0) is 9.84 Å². The van der Waals surface area contributed by atoms with Crippen LogP contribution in [0.4, 0.5) is 0 Å². The molecule has 0 aromatic carbocycles. The van der Waals surface area contributed by atoms with Crippen molar-refractivity contribution in [1.82, 2.24) is 10.2 Å². The molecule has 0 aliphatic carbocycles. The van der Waals surface area contributed by atoms with Crippen molar-refractivity contribution >= 4 is 9.84 Å². The van der Waals surface area contributed by atoms with Crippen molar-refractivity contribution < 1.29 is 8.42 Å². The molecule has 2 rings (SSSR count). The van der Waals surface area contributed by atoms with Gasteiger partial charge in [0.05, 0.1) is 11.5 Å². The van der Waals surface area contributed by atoms with Gasteiger partial charge >= 0.3 is 0 Å². The van der Waals surface area contributed by atoms with Gasteiger partial charge in [-0.2, -0.15) is 0 Å². The second kappa shape index (κ2) is 6.35. The summed E-state index contributed by atoms with van der Waals surface area (Å²) in [6, 6.07) is 0.826. The monoisotopic (exact) mass is 274 g/mol. The molecule has 0 aromatic rings. The first kappa shape index (κ1) is 14.3. The van der Waals surface area contributed by atoms with Gasteiger partial charge in [0.15, 0.2) is 9.84 Å². The molecule has 0 bridgehead atoms. The van der Waals surface area contributed by atoms with Crippen molar-refractivity contribution in [2.75, 3.05) is 31.1 Å². The van der Waals surface area contributed by atoms with E-state index in [9.17, 15) is 8.42 Å². The Balaban J connectivity index is 1.90. The van der Waals surface area contributed by atoms with Crippen LogP contribution in [0.1, 0.15) is 39.0 Å². The molecule has 4 nitrogen and oxygen atoms in total. The van der Waals surface area contributed by atoms with Gasteiger partial charge in [-0.25, -0.2) is 8.42 Å². The Hall–Kier alpha value is -0.130. The largest absolute Gasteiger partial charge is 0.313 e. The second-order valence-corrected chi connectivity index (χ2v) is 7.93. The van der Waals surface area contributed by atoms with E-state index < -0.39 is 9.84 Å². The molecule has 0 aromatic heterocycles. The number of piperidine rings is 1. The number of rotatable bonds is 5.